The molecule has 2 aliphatic rings. The summed E-state index contributed by atoms with van der Waals surface area (Å²) in [4.78, 5) is 25.1. The van der Waals surface area contributed by atoms with E-state index >= 15 is 0 Å². The van der Waals surface area contributed by atoms with Gasteiger partial charge >= 0.3 is 0 Å². The van der Waals surface area contributed by atoms with Crippen molar-refractivity contribution in [3.8, 4) is 11.5 Å². The first-order chi connectivity index (χ1) is 11.7. The second-order valence-electron chi connectivity index (χ2n) is 6.43. The van der Waals surface area contributed by atoms with Gasteiger partial charge in [-0.2, -0.15) is 4.98 Å². The molecule has 2 aromatic heterocycles. The van der Waals surface area contributed by atoms with Crippen LogP contribution in [0, 0.1) is 6.92 Å². The van der Waals surface area contributed by atoms with Gasteiger partial charge in [-0.05, 0) is 38.3 Å². The molecule has 126 valence electrons. The van der Waals surface area contributed by atoms with Gasteiger partial charge in [-0.25, -0.2) is 4.98 Å². The molecule has 0 spiro atoms. The zero-order chi connectivity index (χ0) is 16.5. The number of rotatable bonds is 3. The predicted molar refractivity (Wildman–Crippen MR) is 88.4 cm³/mol. The molecule has 2 saturated heterocycles. The van der Waals surface area contributed by atoms with Crippen LogP contribution in [0.15, 0.2) is 22.9 Å². The topological polar surface area (TPSA) is 75.4 Å². The Balaban J connectivity index is 1.51. The quantitative estimate of drug-likeness (QED) is 0.858. The Morgan fingerprint density at radius 2 is 2.08 bits per heavy atom. The van der Waals surface area contributed by atoms with Crippen LogP contribution < -0.4 is 4.90 Å². The number of pyridine rings is 1. The Morgan fingerprint density at radius 1 is 1.25 bits per heavy atom. The van der Waals surface area contributed by atoms with Gasteiger partial charge < -0.3 is 14.3 Å². The number of amides is 1. The van der Waals surface area contributed by atoms with Crippen molar-refractivity contribution in [2.75, 3.05) is 24.5 Å². The zero-order valence-corrected chi connectivity index (χ0v) is 13.8. The summed E-state index contributed by atoms with van der Waals surface area (Å²) >= 11 is 0. The van der Waals surface area contributed by atoms with Crippen molar-refractivity contribution in [1.29, 1.82) is 0 Å². The molecular weight excluding hydrogens is 306 g/mol. The first-order valence-electron chi connectivity index (χ1n) is 8.52. The van der Waals surface area contributed by atoms with Crippen LogP contribution in [0.4, 0.5) is 5.82 Å². The van der Waals surface area contributed by atoms with E-state index in [0.717, 1.165) is 50.3 Å². The summed E-state index contributed by atoms with van der Waals surface area (Å²) in [7, 11) is 0. The van der Waals surface area contributed by atoms with E-state index in [1.807, 2.05) is 19.1 Å². The monoisotopic (exact) mass is 327 g/mol. The lowest BCUT2D eigenvalue weighted by Gasteiger charge is -2.37. The van der Waals surface area contributed by atoms with Crippen molar-refractivity contribution in [2.45, 2.75) is 38.6 Å². The molecule has 2 fully saturated rings. The van der Waals surface area contributed by atoms with Gasteiger partial charge in [0, 0.05) is 38.3 Å². The fourth-order valence-corrected chi connectivity index (χ4v) is 3.67. The van der Waals surface area contributed by atoms with Gasteiger partial charge in [0.25, 0.3) is 5.89 Å². The lowest BCUT2D eigenvalue weighted by atomic mass is 10.0. The summed E-state index contributed by atoms with van der Waals surface area (Å²) in [5.74, 6) is 2.32. The van der Waals surface area contributed by atoms with Gasteiger partial charge in [-0.1, -0.05) is 5.16 Å². The van der Waals surface area contributed by atoms with Crippen molar-refractivity contribution in [3.63, 3.8) is 0 Å². The van der Waals surface area contributed by atoms with Crippen LogP contribution in [-0.4, -0.2) is 51.6 Å². The number of carbonyl (C=O) groups excluding carboxylic acids is 1. The average molecular weight is 327 g/mol. The molecule has 7 heteroatoms. The lowest BCUT2D eigenvalue weighted by Crippen LogP contribution is -2.45. The Kier molecular flexibility index (Phi) is 3.92. The number of piperidine rings is 1. The third-order valence-electron chi connectivity index (χ3n) is 4.86. The number of carbonyl (C=O) groups is 1. The smallest absolute Gasteiger partial charge is 0.261 e. The summed E-state index contributed by atoms with van der Waals surface area (Å²) in [6, 6.07) is 4.22. The number of aryl methyl sites for hydroxylation is 1. The molecule has 0 aromatic carbocycles. The van der Waals surface area contributed by atoms with Crippen LogP contribution in [-0.2, 0) is 4.79 Å². The fourth-order valence-electron chi connectivity index (χ4n) is 3.67. The molecule has 0 unspecified atom stereocenters. The molecular formula is C17H21N5O2. The molecule has 7 nitrogen and oxygen atoms in total. The number of anilines is 1. The highest BCUT2D eigenvalue weighted by molar-refractivity contribution is 5.78. The van der Waals surface area contributed by atoms with Crippen LogP contribution in [0.25, 0.3) is 11.5 Å². The van der Waals surface area contributed by atoms with E-state index in [9.17, 15) is 4.79 Å². The average Bonchev–Trinajstić information content (AvgIpc) is 3.23. The zero-order valence-electron chi connectivity index (χ0n) is 13.8. The van der Waals surface area contributed by atoms with Crippen molar-refractivity contribution in [1.82, 2.24) is 20.0 Å². The summed E-state index contributed by atoms with van der Waals surface area (Å²) in [5, 5.41) is 3.88. The van der Waals surface area contributed by atoms with Gasteiger partial charge in [-0.15, -0.1) is 0 Å². The van der Waals surface area contributed by atoms with E-state index in [2.05, 4.69) is 24.9 Å². The van der Waals surface area contributed by atoms with E-state index in [1.165, 1.54) is 0 Å². The highest BCUT2D eigenvalue weighted by Crippen LogP contribution is 2.31. The molecule has 1 amide bonds. The van der Waals surface area contributed by atoms with E-state index in [1.54, 1.807) is 6.20 Å². The number of hydrogen-bond acceptors (Lipinski definition) is 6. The lowest BCUT2D eigenvalue weighted by molar-refractivity contribution is -0.130. The largest absolute Gasteiger partial charge is 0.356 e. The second kappa shape index (κ2) is 6.22. The number of aromatic nitrogens is 3. The van der Waals surface area contributed by atoms with E-state index < -0.39 is 0 Å². The van der Waals surface area contributed by atoms with Crippen LogP contribution in [0.2, 0.25) is 0 Å². The van der Waals surface area contributed by atoms with Crippen molar-refractivity contribution >= 4 is 11.7 Å². The molecule has 0 radical (unpaired) electrons. The van der Waals surface area contributed by atoms with Crippen molar-refractivity contribution in [3.05, 3.63) is 24.2 Å². The molecule has 0 bridgehead atoms. The second-order valence-corrected chi connectivity index (χ2v) is 6.43. The molecule has 0 N–H and O–H groups in total. The summed E-state index contributed by atoms with van der Waals surface area (Å²) in [6.45, 7) is 4.48. The third kappa shape index (κ3) is 2.74. The summed E-state index contributed by atoms with van der Waals surface area (Å²) in [6.07, 6.45) is 5.45. The summed E-state index contributed by atoms with van der Waals surface area (Å²) in [5.41, 5.74) is 0.869. The van der Waals surface area contributed by atoms with Gasteiger partial charge in [-0.3, -0.25) is 4.79 Å². The maximum absolute atomic E-state index is 11.9. The Labute approximate surface area is 140 Å². The standard InChI is InChI=1S/C17H21N5O2/c1-12-19-17(24-20-12)14-4-2-8-18-16(14)21-10-6-13(7-11-21)22-9-3-5-15(22)23/h2,4,8,13H,3,5-7,9-11H2,1H3. The Morgan fingerprint density at radius 3 is 2.75 bits per heavy atom. The fraction of sp³-hybridized carbons (Fsp3) is 0.529. The molecule has 24 heavy (non-hydrogen) atoms. The maximum Gasteiger partial charge on any atom is 0.261 e. The Bertz CT molecular complexity index is 736. The highest BCUT2D eigenvalue weighted by Gasteiger charge is 2.31. The molecule has 4 heterocycles. The van der Waals surface area contributed by atoms with Crippen molar-refractivity contribution < 1.29 is 9.32 Å². The first-order valence-corrected chi connectivity index (χ1v) is 8.52. The predicted octanol–water partition coefficient (Wildman–Crippen LogP) is 2.03. The minimum absolute atomic E-state index is 0.313. The van der Waals surface area contributed by atoms with Gasteiger partial charge in [0.1, 0.15) is 5.82 Å². The van der Waals surface area contributed by atoms with Crippen LogP contribution >= 0.6 is 0 Å². The molecule has 2 aromatic rings. The molecule has 0 aliphatic carbocycles. The normalized spacial score (nSPS) is 19.3. The van der Waals surface area contributed by atoms with E-state index in [-0.39, 0.29) is 0 Å². The number of hydrogen-bond donors (Lipinski definition) is 0. The van der Waals surface area contributed by atoms with Gasteiger partial charge in [0.15, 0.2) is 5.82 Å². The van der Waals surface area contributed by atoms with Crippen LogP contribution in [0.1, 0.15) is 31.5 Å². The molecule has 2 aliphatic heterocycles. The minimum atomic E-state index is 0.313. The number of likely N-dealkylation sites (tertiary alicyclic amines) is 1. The Hall–Kier alpha value is -2.44. The minimum Gasteiger partial charge on any atom is -0.356 e. The summed E-state index contributed by atoms with van der Waals surface area (Å²) < 4.78 is 5.32. The van der Waals surface area contributed by atoms with Gasteiger partial charge in [0.05, 0.1) is 5.56 Å². The molecule has 4 rings (SSSR count). The molecule has 0 saturated carbocycles. The first kappa shape index (κ1) is 15.1. The highest BCUT2D eigenvalue weighted by atomic mass is 16.5. The SMILES string of the molecule is Cc1noc(-c2cccnc2N2CCC(N3CCCC3=O)CC2)n1. The molecule has 0 atom stereocenters. The van der Waals surface area contributed by atoms with Crippen molar-refractivity contribution in [2.24, 2.45) is 0 Å². The maximum atomic E-state index is 11.9. The van der Waals surface area contributed by atoms with E-state index in [0.29, 0.717) is 30.1 Å². The van der Waals surface area contributed by atoms with Crippen LogP contribution in [0.3, 0.4) is 0 Å². The van der Waals surface area contributed by atoms with Crippen LogP contribution in [0.5, 0.6) is 0 Å². The third-order valence-corrected chi connectivity index (χ3v) is 4.86. The number of nitrogens with zero attached hydrogens (tertiary/aromatic N) is 5. The van der Waals surface area contributed by atoms with Gasteiger partial charge in [0.2, 0.25) is 5.91 Å². The van der Waals surface area contributed by atoms with E-state index in [4.69, 9.17) is 4.52 Å².